The van der Waals surface area contributed by atoms with Gasteiger partial charge in [0.15, 0.2) is 0 Å². The number of rotatable bonds is 5. The molecule has 2 aromatic rings. The fourth-order valence-electron chi connectivity index (χ4n) is 2.99. The molecule has 3 heterocycles. The summed E-state index contributed by atoms with van der Waals surface area (Å²) in [6.45, 7) is 4.96. The van der Waals surface area contributed by atoms with Crippen LogP contribution in [0, 0.1) is 11.3 Å². The molecule has 0 spiro atoms. The Morgan fingerprint density at radius 1 is 1.58 bits per heavy atom. The third kappa shape index (κ3) is 3.83. The molecule has 0 radical (unpaired) electrons. The molecule has 126 valence electrons. The second-order valence-electron chi connectivity index (χ2n) is 5.87. The van der Waals surface area contributed by atoms with Gasteiger partial charge in [-0.2, -0.15) is 10.4 Å². The summed E-state index contributed by atoms with van der Waals surface area (Å²) in [6.07, 6.45) is 5.50. The van der Waals surface area contributed by atoms with Crippen LogP contribution in [0.2, 0.25) is 0 Å². The number of aromatic nitrogens is 2. The van der Waals surface area contributed by atoms with Gasteiger partial charge in [0.1, 0.15) is 6.07 Å². The summed E-state index contributed by atoms with van der Waals surface area (Å²) < 4.78 is 6.90. The number of carbonyl (C=O) groups excluding carboxylic acids is 1. The zero-order valence-electron chi connectivity index (χ0n) is 13.6. The van der Waals surface area contributed by atoms with E-state index in [9.17, 15) is 4.79 Å². The molecule has 0 unspecified atom stereocenters. The second-order valence-corrected chi connectivity index (χ2v) is 6.87. The molecule has 0 saturated carbocycles. The normalized spacial score (nSPS) is 18.2. The molecular formula is C17H20N4O2S. The van der Waals surface area contributed by atoms with E-state index in [1.807, 2.05) is 16.1 Å². The molecule has 7 heteroatoms. The van der Waals surface area contributed by atoms with Crippen LogP contribution in [0.4, 0.5) is 0 Å². The van der Waals surface area contributed by atoms with E-state index >= 15 is 0 Å². The summed E-state index contributed by atoms with van der Waals surface area (Å²) >= 11 is 1.63. The number of thiophene rings is 1. The highest BCUT2D eigenvalue weighted by atomic mass is 32.1. The third-order valence-corrected chi connectivity index (χ3v) is 5.05. The first-order valence-corrected chi connectivity index (χ1v) is 8.98. The van der Waals surface area contributed by atoms with E-state index in [4.69, 9.17) is 10.00 Å². The lowest BCUT2D eigenvalue weighted by Crippen LogP contribution is -2.36. The van der Waals surface area contributed by atoms with E-state index in [-0.39, 0.29) is 12.0 Å². The molecule has 0 amide bonds. The van der Waals surface area contributed by atoms with Crippen molar-refractivity contribution in [2.75, 3.05) is 19.7 Å². The van der Waals surface area contributed by atoms with Crippen molar-refractivity contribution >= 4 is 17.3 Å². The Bertz CT molecular complexity index is 746. The quantitative estimate of drug-likeness (QED) is 0.780. The molecule has 1 aliphatic rings. The van der Waals surface area contributed by atoms with Gasteiger partial charge in [-0.25, -0.2) is 4.79 Å². The average Bonchev–Trinajstić information content (AvgIpc) is 3.24. The average molecular weight is 344 g/mol. The van der Waals surface area contributed by atoms with Crippen molar-refractivity contribution in [2.24, 2.45) is 0 Å². The van der Waals surface area contributed by atoms with Gasteiger partial charge >= 0.3 is 5.97 Å². The van der Waals surface area contributed by atoms with Crippen LogP contribution < -0.4 is 0 Å². The van der Waals surface area contributed by atoms with Crippen molar-refractivity contribution in [3.05, 3.63) is 39.8 Å². The smallest absolute Gasteiger partial charge is 0.341 e. The largest absolute Gasteiger partial charge is 0.462 e. The van der Waals surface area contributed by atoms with E-state index in [1.165, 1.54) is 4.88 Å². The highest BCUT2D eigenvalue weighted by Gasteiger charge is 2.23. The van der Waals surface area contributed by atoms with E-state index in [1.54, 1.807) is 30.7 Å². The lowest BCUT2D eigenvalue weighted by molar-refractivity contribution is 0.0526. The minimum atomic E-state index is -0.320. The van der Waals surface area contributed by atoms with E-state index in [0.717, 1.165) is 38.0 Å². The molecule has 1 saturated heterocycles. The number of piperidine rings is 1. The number of ether oxygens (including phenoxy) is 1. The van der Waals surface area contributed by atoms with Gasteiger partial charge in [-0.15, -0.1) is 11.3 Å². The SMILES string of the molecule is CCOC(=O)c1cnn([C@H]2CCCN(Cc3cc(C#N)cs3)C2)c1. The summed E-state index contributed by atoms with van der Waals surface area (Å²) in [4.78, 5) is 15.4. The minimum absolute atomic E-state index is 0.261. The maximum Gasteiger partial charge on any atom is 0.341 e. The van der Waals surface area contributed by atoms with Crippen LogP contribution in [-0.4, -0.2) is 40.3 Å². The Hall–Kier alpha value is -2.17. The number of hydrogen-bond acceptors (Lipinski definition) is 6. The number of nitriles is 1. The lowest BCUT2D eigenvalue weighted by Gasteiger charge is -2.32. The van der Waals surface area contributed by atoms with E-state index in [0.29, 0.717) is 12.2 Å². The molecule has 0 aliphatic carbocycles. The monoisotopic (exact) mass is 344 g/mol. The molecule has 1 fully saturated rings. The molecule has 2 aromatic heterocycles. The van der Waals surface area contributed by atoms with Gasteiger partial charge in [0.05, 0.1) is 30.0 Å². The summed E-state index contributed by atoms with van der Waals surface area (Å²) in [6, 6.07) is 4.40. The lowest BCUT2D eigenvalue weighted by atomic mass is 10.1. The molecule has 0 bridgehead atoms. The van der Waals surface area contributed by atoms with Crippen LogP contribution in [-0.2, 0) is 11.3 Å². The summed E-state index contributed by atoms with van der Waals surface area (Å²) in [5.41, 5.74) is 1.24. The van der Waals surface area contributed by atoms with Crippen molar-refractivity contribution in [2.45, 2.75) is 32.4 Å². The van der Waals surface area contributed by atoms with Gasteiger partial charge in [0.25, 0.3) is 0 Å². The summed E-state index contributed by atoms with van der Waals surface area (Å²) in [5.74, 6) is -0.320. The highest BCUT2D eigenvalue weighted by Crippen LogP contribution is 2.24. The van der Waals surface area contributed by atoms with Crippen LogP contribution in [0.25, 0.3) is 0 Å². The molecule has 6 nitrogen and oxygen atoms in total. The van der Waals surface area contributed by atoms with Crippen molar-refractivity contribution < 1.29 is 9.53 Å². The number of carbonyl (C=O) groups is 1. The zero-order valence-corrected chi connectivity index (χ0v) is 14.5. The Morgan fingerprint density at radius 3 is 3.21 bits per heavy atom. The van der Waals surface area contributed by atoms with Crippen LogP contribution >= 0.6 is 11.3 Å². The van der Waals surface area contributed by atoms with E-state index in [2.05, 4.69) is 16.1 Å². The van der Waals surface area contributed by atoms with Crippen LogP contribution in [0.1, 0.15) is 46.6 Å². The number of esters is 1. The molecule has 1 aliphatic heterocycles. The number of nitrogens with zero attached hydrogens (tertiary/aromatic N) is 4. The molecule has 0 aromatic carbocycles. The predicted octanol–water partition coefficient (Wildman–Crippen LogP) is 2.83. The molecule has 1 atom stereocenters. The first-order chi connectivity index (χ1) is 11.7. The molecular weight excluding hydrogens is 324 g/mol. The van der Waals surface area contributed by atoms with Crippen molar-refractivity contribution in [1.29, 1.82) is 5.26 Å². The van der Waals surface area contributed by atoms with Crippen molar-refractivity contribution in [3.8, 4) is 6.07 Å². The Morgan fingerprint density at radius 2 is 2.46 bits per heavy atom. The molecule has 24 heavy (non-hydrogen) atoms. The maximum absolute atomic E-state index is 11.8. The van der Waals surface area contributed by atoms with Crippen LogP contribution in [0.5, 0.6) is 0 Å². The third-order valence-electron chi connectivity index (χ3n) is 4.13. The zero-order chi connectivity index (χ0) is 16.9. The van der Waals surface area contributed by atoms with Gasteiger partial charge < -0.3 is 4.74 Å². The number of hydrogen-bond donors (Lipinski definition) is 0. The summed E-state index contributed by atoms with van der Waals surface area (Å²) in [7, 11) is 0. The fourth-order valence-corrected chi connectivity index (χ4v) is 3.84. The first-order valence-electron chi connectivity index (χ1n) is 8.10. The second kappa shape index (κ2) is 7.60. The van der Waals surface area contributed by atoms with Crippen LogP contribution in [0.15, 0.2) is 23.8 Å². The fraction of sp³-hybridized carbons (Fsp3) is 0.471. The maximum atomic E-state index is 11.8. The highest BCUT2D eigenvalue weighted by molar-refractivity contribution is 7.10. The predicted molar refractivity (Wildman–Crippen MR) is 90.8 cm³/mol. The Kier molecular flexibility index (Phi) is 5.28. The van der Waals surface area contributed by atoms with E-state index < -0.39 is 0 Å². The van der Waals surface area contributed by atoms with Gasteiger partial charge in [0, 0.05) is 29.5 Å². The van der Waals surface area contributed by atoms with Gasteiger partial charge in [-0.3, -0.25) is 9.58 Å². The van der Waals surface area contributed by atoms with Gasteiger partial charge in [-0.05, 0) is 32.4 Å². The standard InChI is InChI=1S/C17H20N4O2S/c1-2-23-17(22)14-8-19-21(9-14)15-4-3-5-20(10-15)11-16-6-13(7-18)12-24-16/h6,8-9,12,15H,2-5,10-11H2,1H3/t15-/m0/s1. The first kappa shape index (κ1) is 16.7. The van der Waals surface area contributed by atoms with Crippen molar-refractivity contribution in [3.63, 3.8) is 0 Å². The minimum Gasteiger partial charge on any atom is -0.462 e. The molecule has 0 N–H and O–H groups in total. The Balaban J connectivity index is 1.63. The molecule has 3 rings (SSSR count). The van der Waals surface area contributed by atoms with Gasteiger partial charge in [-0.1, -0.05) is 0 Å². The topological polar surface area (TPSA) is 71.2 Å². The Labute approximate surface area is 145 Å². The number of likely N-dealkylation sites (tertiary alicyclic amines) is 1. The van der Waals surface area contributed by atoms with Crippen LogP contribution in [0.3, 0.4) is 0 Å². The van der Waals surface area contributed by atoms with Crippen molar-refractivity contribution in [1.82, 2.24) is 14.7 Å². The van der Waals surface area contributed by atoms with Gasteiger partial charge in [0.2, 0.25) is 0 Å². The summed E-state index contributed by atoms with van der Waals surface area (Å²) in [5, 5.41) is 15.2.